The number of aliphatic imine (C=N–C) groups is 1. The minimum absolute atomic E-state index is 0. The summed E-state index contributed by atoms with van der Waals surface area (Å²) in [4.78, 5) is 15.6. The molecule has 0 aliphatic carbocycles. The first-order valence-electron chi connectivity index (χ1n) is 7.82. The molecular formula is C17H28IN3O2S. The summed E-state index contributed by atoms with van der Waals surface area (Å²) in [5.74, 6) is 1.73. The highest BCUT2D eigenvalue weighted by Gasteiger charge is 2.04. The third kappa shape index (κ3) is 9.36. The lowest BCUT2D eigenvalue weighted by Crippen LogP contribution is -2.38. The number of rotatable bonds is 9. The molecule has 0 saturated carbocycles. The Kier molecular flexibility index (Phi) is 13.8. The van der Waals surface area contributed by atoms with Gasteiger partial charge in [-0.1, -0.05) is 12.1 Å². The third-order valence-corrected chi connectivity index (χ3v) is 4.07. The number of carbonyl (C=O) groups is 1. The third-order valence-electron chi connectivity index (χ3n) is 3.37. The summed E-state index contributed by atoms with van der Waals surface area (Å²) in [6, 6.07) is 7.49. The minimum atomic E-state index is -0.305. The fraction of sp³-hybridized carbons (Fsp3) is 0.529. The van der Waals surface area contributed by atoms with Crippen LogP contribution in [-0.2, 0) is 11.2 Å². The fourth-order valence-electron chi connectivity index (χ4n) is 2.05. The van der Waals surface area contributed by atoms with E-state index in [0.717, 1.165) is 31.9 Å². The van der Waals surface area contributed by atoms with Gasteiger partial charge < -0.3 is 15.4 Å². The van der Waals surface area contributed by atoms with E-state index in [9.17, 15) is 4.79 Å². The monoisotopic (exact) mass is 465 g/mol. The second kappa shape index (κ2) is 14.4. The highest BCUT2D eigenvalue weighted by Crippen LogP contribution is 2.06. The summed E-state index contributed by atoms with van der Waals surface area (Å²) in [5.41, 5.74) is 1.74. The Morgan fingerprint density at radius 2 is 1.83 bits per heavy atom. The molecule has 0 amide bonds. The summed E-state index contributed by atoms with van der Waals surface area (Å²) in [6.45, 7) is 1.73. The Bertz CT molecular complexity index is 495. The van der Waals surface area contributed by atoms with E-state index in [2.05, 4.69) is 26.6 Å². The normalized spacial score (nSPS) is 10.7. The Labute approximate surface area is 166 Å². The number of nitrogens with one attached hydrogen (secondary N) is 2. The molecule has 0 fully saturated rings. The molecule has 1 aromatic rings. The number of unbranched alkanes of at least 4 members (excludes halogenated alkanes) is 1. The van der Waals surface area contributed by atoms with Crippen molar-refractivity contribution >= 4 is 47.7 Å². The number of thioether (sulfide) groups is 1. The highest BCUT2D eigenvalue weighted by atomic mass is 127. The van der Waals surface area contributed by atoms with Crippen molar-refractivity contribution in [3.05, 3.63) is 35.4 Å². The fourth-order valence-corrected chi connectivity index (χ4v) is 2.54. The van der Waals surface area contributed by atoms with Gasteiger partial charge in [0.15, 0.2) is 5.96 Å². The van der Waals surface area contributed by atoms with Crippen LogP contribution >= 0.6 is 35.7 Å². The molecule has 0 atom stereocenters. The van der Waals surface area contributed by atoms with E-state index in [1.165, 1.54) is 24.8 Å². The van der Waals surface area contributed by atoms with E-state index < -0.39 is 0 Å². The van der Waals surface area contributed by atoms with Gasteiger partial charge in [-0.05, 0) is 49.0 Å². The summed E-state index contributed by atoms with van der Waals surface area (Å²) >= 11 is 1.88. The van der Waals surface area contributed by atoms with E-state index in [-0.39, 0.29) is 29.9 Å². The second-order valence-electron chi connectivity index (χ2n) is 5.06. The summed E-state index contributed by atoms with van der Waals surface area (Å²) in [5, 5.41) is 6.61. The molecule has 24 heavy (non-hydrogen) atoms. The quantitative estimate of drug-likeness (QED) is 0.193. The topological polar surface area (TPSA) is 62.7 Å². The maximum Gasteiger partial charge on any atom is 0.337 e. The molecule has 1 aromatic carbocycles. The van der Waals surface area contributed by atoms with E-state index in [1.807, 2.05) is 23.9 Å². The van der Waals surface area contributed by atoms with Crippen LogP contribution in [0.4, 0.5) is 0 Å². The van der Waals surface area contributed by atoms with Crippen LogP contribution in [0.1, 0.15) is 28.8 Å². The molecule has 0 aromatic heterocycles. The molecule has 0 heterocycles. The van der Waals surface area contributed by atoms with Crippen molar-refractivity contribution < 1.29 is 9.53 Å². The molecule has 5 nitrogen and oxygen atoms in total. The van der Waals surface area contributed by atoms with Crippen LogP contribution in [0, 0.1) is 0 Å². The second-order valence-corrected chi connectivity index (χ2v) is 6.05. The zero-order valence-corrected chi connectivity index (χ0v) is 17.8. The Morgan fingerprint density at radius 1 is 1.17 bits per heavy atom. The van der Waals surface area contributed by atoms with Crippen LogP contribution in [0.2, 0.25) is 0 Å². The van der Waals surface area contributed by atoms with Gasteiger partial charge in [-0.3, -0.25) is 4.99 Å². The van der Waals surface area contributed by atoms with Gasteiger partial charge in [-0.15, -0.1) is 24.0 Å². The highest BCUT2D eigenvalue weighted by molar-refractivity contribution is 14.0. The number of hydrogen-bond donors (Lipinski definition) is 2. The van der Waals surface area contributed by atoms with E-state index in [1.54, 1.807) is 19.2 Å². The molecule has 0 aliphatic heterocycles. The first-order chi connectivity index (χ1) is 11.2. The molecule has 7 heteroatoms. The standard InChI is InChI=1S/C17H27N3O2S.HI/c1-18-17(19-11-4-5-13-23-3)20-12-10-14-6-8-15(9-7-14)16(21)22-2;/h6-9H,4-5,10-13H2,1-3H3,(H2,18,19,20);1H. The molecular weight excluding hydrogens is 437 g/mol. The van der Waals surface area contributed by atoms with Crippen molar-refractivity contribution in [2.24, 2.45) is 4.99 Å². The van der Waals surface area contributed by atoms with Crippen molar-refractivity contribution in [3.8, 4) is 0 Å². The average Bonchev–Trinajstić information content (AvgIpc) is 2.59. The van der Waals surface area contributed by atoms with Crippen molar-refractivity contribution in [1.82, 2.24) is 10.6 Å². The van der Waals surface area contributed by atoms with Crippen molar-refractivity contribution in [2.75, 3.05) is 39.3 Å². The zero-order chi connectivity index (χ0) is 16.9. The summed E-state index contributed by atoms with van der Waals surface area (Å²) < 4.78 is 4.69. The molecule has 0 saturated heterocycles. The molecule has 0 spiro atoms. The smallest absolute Gasteiger partial charge is 0.337 e. The minimum Gasteiger partial charge on any atom is -0.465 e. The number of benzene rings is 1. The van der Waals surface area contributed by atoms with Crippen molar-refractivity contribution in [3.63, 3.8) is 0 Å². The largest absolute Gasteiger partial charge is 0.465 e. The van der Waals surface area contributed by atoms with E-state index in [4.69, 9.17) is 0 Å². The molecule has 0 aliphatic rings. The maximum absolute atomic E-state index is 11.4. The first kappa shape index (κ1) is 23.0. The average molecular weight is 465 g/mol. The lowest BCUT2D eigenvalue weighted by atomic mass is 10.1. The van der Waals surface area contributed by atoms with Crippen LogP contribution in [0.3, 0.4) is 0 Å². The zero-order valence-electron chi connectivity index (χ0n) is 14.6. The van der Waals surface area contributed by atoms with Gasteiger partial charge in [0.1, 0.15) is 0 Å². The van der Waals surface area contributed by atoms with Gasteiger partial charge in [0.05, 0.1) is 12.7 Å². The van der Waals surface area contributed by atoms with Crippen LogP contribution in [0.5, 0.6) is 0 Å². The van der Waals surface area contributed by atoms with Gasteiger partial charge in [0.2, 0.25) is 0 Å². The number of halogens is 1. The lowest BCUT2D eigenvalue weighted by molar-refractivity contribution is 0.0600. The van der Waals surface area contributed by atoms with Crippen molar-refractivity contribution in [2.45, 2.75) is 19.3 Å². The molecule has 0 unspecified atom stereocenters. The number of methoxy groups -OCH3 is 1. The Morgan fingerprint density at radius 3 is 2.42 bits per heavy atom. The van der Waals surface area contributed by atoms with Gasteiger partial charge in [-0.25, -0.2) is 4.79 Å². The lowest BCUT2D eigenvalue weighted by Gasteiger charge is -2.11. The molecule has 0 radical (unpaired) electrons. The SMILES string of the molecule is CN=C(NCCCCSC)NCCc1ccc(C(=O)OC)cc1.I. The molecule has 2 N–H and O–H groups in total. The maximum atomic E-state index is 11.4. The molecule has 1 rings (SSSR count). The predicted molar refractivity (Wildman–Crippen MR) is 114 cm³/mol. The number of nitrogens with zero attached hydrogens (tertiary/aromatic N) is 1. The van der Waals surface area contributed by atoms with Gasteiger partial charge in [-0.2, -0.15) is 11.8 Å². The first-order valence-corrected chi connectivity index (χ1v) is 9.21. The number of guanidine groups is 1. The van der Waals surface area contributed by atoms with Crippen LogP contribution in [0.15, 0.2) is 29.3 Å². The van der Waals surface area contributed by atoms with Crippen LogP contribution in [0.25, 0.3) is 0 Å². The molecule has 136 valence electrons. The molecule has 0 bridgehead atoms. The predicted octanol–water partition coefficient (Wildman–Crippen LogP) is 2.94. The Balaban J connectivity index is 0.00000529. The number of ether oxygens (including phenoxy) is 1. The van der Waals surface area contributed by atoms with E-state index >= 15 is 0 Å². The number of carbonyl (C=O) groups excluding carboxylic acids is 1. The van der Waals surface area contributed by atoms with Crippen LogP contribution < -0.4 is 10.6 Å². The van der Waals surface area contributed by atoms with Crippen molar-refractivity contribution in [1.29, 1.82) is 0 Å². The van der Waals surface area contributed by atoms with Gasteiger partial charge in [0, 0.05) is 20.1 Å². The Hall–Kier alpha value is -0.960. The number of hydrogen-bond acceptors (Lipinski definition) is 4. The van der Waals surface area contributed by atoms with Gasteiger partial charge in [0.25, 0.3) is 0 Å². The number of esters is 1. The summed E-state index contributed by atoms with van der Waals surface area (Å²) in [6.07, 6.45) is 5.37. The van der Waals surface area contributed by atoms with Gasteiger partial charge >= 0.3 is 5.97 Å². The summed E-state index contributed by atoms with van der Waals surface area (Å²) in [7, 11) is 3.17. The van der Waals surface area contributed by atoms with E-state index in [0.29, 0.717) is 5.56 Å². The van der Waals surface area contributed by atoms with Crippen LogP contribution in [-0.4, -0.2) is 51.2 Å².